The lowest BCUT2D eigenvalue weighted by Gasteiger charge is -2.21. The third-order valence-electron chi connectivity index (χ3n) is 2.25. The molecular formula is C13H19ClN2O3. The molecule has 106 valence electrons. The van der Waals surface area contributed by atoms with Crippen molar-refractivity contribution in [1.29, 1.82) is 0 Å². The topological polar surface area (TPSA) is 70.6 Å². The molecule has 0 aromatic heterocycles. The maximum atomic E-state index is 11.5. The van der Waals surface area contributed by atoms with E-state index in [4.69, 9.17) is 16.3 Å². The van der Waals surface area contributed by atoms with E-state index in [9.17, 15) is 9.90 Å². The fourth-order valence-corrected chi connectivity index (χ4v) is 1.60. The summed E-state index contributed by atoms with van der Waals surface area (Å²) in [4.78, 5) is 11.5. The largest absolute Gasteiger partial charge is 0.508 e. The van der Waals surface area contributed by atoms with Gasteiger partial charge in [0.1, 0.15) is 11.4 Å². The molecule has 0 aliphatic carbocycles. The van der Waals surface area contributed by atoms with Crippen LogP contribution >= 0.6 is 11.6 Å². The van der Waals surface area contributed by atoms with Crippen LogP contribution in [-0.2, 0) is 4.74 Å². The third-order valence-corrected chi connectivity index (χ3v) is 2.48. The standard InChI is InChI=1S/C13H19ClN2O3/c1-8(10-7-9(14)5-6-11(10)17)15-16-12(18)19-13(2,3)4/h5-8,15,17H,1-4H3,(H,16,18). The van der Waals surface area contributed by atoms with Gasteiger partial charge in [-0.05, 0) is 45.9 Å². The van der Waals surface area contributed by atoms with Crippen LogP contribution in [0.3, 0.4) is 0 Å². The predicted octanol–water partition coefficient (Wildman–Crippen LogP) is 3.14. The van der Waals surface area contributed by atoms with E-state index in [0.717, 1.165) is 0 Å². The van der Waals surface area contributed by atoms with E-state index >= 15 is 0 Å². The van der Waals surface area contributed by atoms with Gasteiger partial charge in [0.2, 0.25) is 0 Å². The molecule has 0 aliphatic heterocycles. The molecule has 1 aromatic carbocycles. The van der Waals surface area contributed by atoms with Crippen LogP contribution in [0.5, 0.6) is 5.75 Å². The van der Waals surface area contributed by atoms with Crippen LogP contribution in [-0.4, -0.2) is 16.8 Å². The molecule has 19 heavy (non-hydrogen) atoms. The number of phenolic OH excluding ortho intramolecular Hbond substituents is 1. The first kappa shape index (κ1) is 15.6. The Morgan fingerprint density at radius 1 is 1.42 bits per heavy atom. The Balaban J connectivity index is 2.58. The first-order valence-electron chi connectivity index (χ1n) is 5.92. The summed E-state index contributed by atoms with van der Waals surface area (Å²) in [6.07, 6.45) is -0.583. The summed E-state index contributed by atoms with van der Waals surface area (Å²) in [7, 11) is 0. The van der Waals surface area contributed by atoms with E-state index < -0.39 is 11.7 Å². The molecule has 0 fully saturated rings. The Bertz CT molecular complexity index is 458. The first-order valence-corrected chi connectivity index (χ1v) is 6.30. The second-order valence-electron chi connectivity index (χ2n) is 5.20. The Kier molecular flexibility index (Phi) is 5.03. The zero-order chi connectivity index (χ0) is 14.6. The molecular weight excluding hydrogens is 268 g/mol. The Morgan fingerprint density at radius 2 is 2.05 bits per heavy atom. The smallest absolute Gasteiger partial charge is 0.422 e. The monoisotopic (exact) mass is 286 g/mol. The summed E-state index contributed by atoms with van der Waals surface area (Å²) < 4.78 is 5.08. The number of carbonyl (C=O) groups is 1. The van der Waals surface area contributed by atoms with Crippen molar-refractivity contribution in [2.75, 3.05) is 0 Å². The van der Waals surface area contributed by atoms with Gasteiger partial charge in [0, 0.05) is 10.6 Å². The highest BCUT2D eigenvalue weighted by atomic mass is 35.5. The van der Waals surface area contributed by atoms with Crippen LogP contribution in [0.15, 0.2) is 18.2 Å². The lowest BCUT2D eigenvalue weighted by Crippen LogP contribution is -2.42. The van der Waals surface area contributed by atoms with Crippen molar-refractivity contribution in [2.24, 2.45) is 0 Å². The molecule has 3 N–H and O–H groups in total. The lowest BCUT2D eigenvalue weighted by atomic mass is 10.1. The highest BCUT2D eigenvalue weighted by Crippen LogP contribution is 2.26. The second kappa shape index (κ2) is 6.12. The molecule has 6 heteroatoms. The van der Waals surface area contributed by atoms with Crippen molar-refractivity contribution >= 4 is 17.7 Å². The predicted molar refractivity (Wildman–Crippen MR) is 74.0 cm³/mol. The summed E-state index contributed by atoms with van der Waals surface area (Å²) in [5, 5.41) is 10.2. The van der Waals surface area contributed by atoms with E-state index in [1.165, 1.54) is 6.07 Å². The molecule has 1 amide bonds. The van der Waals surface area contributed by atoms with Crippen molar-refractivity contribution in [2.45, 2.75) is 39.3 Å². The van der Waals surface area contributed by atoms with Crippen LogP contribution in [0, 0.1) is 0 Å². The Morgan fingerprint density at radius 3 is 2.63 bits per heavy atom. The molecule has 0 saturated carbocycles. The van der Waals surface area contributed by atoms with E-state index in [-0.39, 0.29) is 11.8 Å². The van der Waals surface area contributed by atoms with Gasteiger partial charge >= 0.3 is 6.09 Å². The summed E-state index contributed by atoms with van der Waals surface area (Å²) >= 11 is 5.86. The third kappa shape index (κ3) is 5.36. The van der Waals surface area contributed by atoms with Crippen LogP contribution in [0.2, 0.25) is 5.02 Å². The van der Waals surface area contributed by atoms with Gasteiger partial charge in [0.15, 0.2) is 0 Å². The average Bonchev–Trinajstić information content (AvgIpc) is 2.27. The van der Waals surface area contributed by atoms with Gasteiger partial charge in [-0.2, -0.15) is 0 Å². The fraction of sp³-hybridized carbons (Fsp3) is 0.462. The van der Waals surface area contributed by atoms with Gasteiger partial charge in [-0.15, -0.1) is 0 Å². The molecule has 1 rings (SSSR count). The van der Waals surface area contributed by atoms with Crippen LogP contribution in [0.4, 0.5) is 4.79 Å². The molecule has 0 radical (unpaired) electrons. The van der Waals surface area contributed by atoms with Crippen LogP contribution in [0.1, 0.15) is 39.3 Å². The molecule has 1 aromatic rings. The van der Waals surface area contributed by atoms with Gasteiger partial charge < -0.3 is 9.84 Å². The number of hydrazine groups is 1. The number of ether oxygens (including phenoxy) is 1. The van der Waals surface area contributed by atoms with Gasteiger partial charge in [-0.3, -0.25) is 5.43 Å². The highest BCUT2D eigenvalue weighted by Gasteiger charge is 2.17. The molecule has 5 nitrogen and oxygen atoms in total. The van der Waals surface area contributed by atoms with Gasteiger partial charge in [-0.1, -0.05) is 11.6 Å². The van der Waals surface area contributed by atoms with Crippen molar-refractivity contribution in [3.63, 3.8) is 0 Å². The van der Waals surface area contributed by atoms with E-state index in [0.29, 0.717) is 10.6 Å². The Labute approximate surface area is 117 Å². The highest BCUT2D eigenvalue weighted by molar-refractivity contribution is 6.30. The van der Waals surface area contributed by atoms with Crippen molar-refractivity contribution in [3.05, 3.63) is 28.8 Å². The molecule has 1 atom stereocenters. The van der Waals surface area contributed by atoms with Crippen molar-refractivity contribution in [3.8, 4) is 5.75 Å². The number of rotatable bonds is 3. The lowest BCUT2D eigenvalue weighted by molar-refractivity contribution is 0.0489. The van der Waals surface area contributed by atoms with Crippen molar-refractivity contribution in [1.82, 2.24) is 10.9 Å². The Hall–Kier alpha value is -1.46. The molecule has 0 spiro atoms. The molecule has 0 aliphatic rings. The number of carbonyl (C=O) groups excluding carboxylic acids is 1. The minimum absolute atomic E-state index is 0.107. The number of benzene rings is 1. The van der Waals surface area contributed by atoms with Gasteiger partial charge in [0.25, 0.3) is 0 Å². The number of aromatic hydroxyl groups is 1. The fourth-order valence-electron chi connectivity index (χ4n) is 1.42. The molecule has 0 bridgehead atoms. The number of hydrogen-bond donors (Lipinski definition) is 3. The van der Waals surface area contributed by atoms with E-state index in [1.54, 1.807) is 39.8 Å². The number of halogens is 1. The molecule has 0 heterocycles. The van der Waals surface area contributed by atoms with Gasteiger partial charge in [-0.25, -0.2) is 10.2 Å². The second-order valence-corrected chi connectivity index (χ2v) is 5.63. The normalized spacial score (nSPS) is 12.9. The quantitative estimate of drug-likeness (QED) is 0.747. The number of nitrogens with one attached hydrogen (secondary N) is 2. The zero-order valence-electron chi connectivity index (χ0n) is 11.5. The number of amides is 1. The minimum Gasteiger partial charge on any atom is -0.508 e. The summed E-state index contributed by atoms with van der Waals surface area (Å²) in [6, 6.07) is 4.41. The maximum Gasteiger partial charge on any atom is 0.422 e. The summed E-state index contributed by atoms with van der Waals surface area (Å²) in [5.74, 6) is 0.107. The molecule has 0 saturated heterocycles. The van der Waals surface area contributed by atoms with Crippen LogP contribution in [0.25, 0.3) is 0 Å². The zero-order valence-corrected chi connectivity index (χ0v) is 12.2. The van der Waals surface area contributed by atoms with E-state index in [2.05, 4.69) is 10.9 Å². The van der Waals surface area contributed by atoms with Crippen LogP contribution < -0.4 is 10.9 Å². The minimum atomic E-state index is -0.583. The van der Waals surface area contributed by atoms with Crippen molar-refractivity contribution < 1.29 is 14.6 Å². The number of phenols is 1. The van der Waals surface area contributed by atoms with E-state index in [1.807, 2.05) is 0 Å². The summed E-state index contributed by atoms with van der Waals surface area (Å²) in [6.45, 7) is 7.11. The van der Waals surface area contributed by atoms with Gasteiger partial charge in [0.05, 0.1) is 6.04 Å². The first-order chi connectivity index (χ1) is 8.69. The summed E-state index contributed by atoms with van der Waals surface area (Å²) in [5.41, 5.74) is 5.19. The average molecular weight is 287 g/mol. The maximum absolute atomic E-state index is 11.5. The number of hydrogen-bond acceptors (Lipinski definition) is 4. The SMILES string of the molecule is CC(NNC(=O)OC(C)(C)C)c1cc(Cl)ccc1O. The molecule has 1 unspecified atom stereocenters.